The second-order valence-electron chi connectivity index (χ2n) is 33.6. The lowest BCUT2D eigenvalue weighted by atomic mass is 9.86. The molecule has 6 nitrogen and oxygen atoms in total. The van der Waals surface area contributed by atoms with Gasteiger partial charge in [0.1, 0.15) is 0 Å². The largest absolute Gasteiger partial charge is 0.256 e. The van der Waals surface area contributed by atoms with Gasteiger partial charge in [-0.15, -0.1) is 0 Å². The summed E-state index contributed by atoms with van der Waals surface area (Å²) in [6.07, 6.45) is 10.1. The van der Waals surface area contributed by atoms with Crippen LogP contribution in [-0.4, -0.2) is 29.9 Å². The fraction of sp³-hybridized carbons (Fsp3) is 0.0308. The third kappa shape index (κ3) is 17.2. The number of rotatable bonds is 21. The zero-order valence-corrected chi connectivity index (χ0v) is 74.3. The minimum atomic E-state index is -0.461. The van der Waals surface area contributed by atoms with Gasteiger partial charge in [-0.1, -0.05) is 376 Å². The highest BCUT2D eigenvalue weighted by Crippen LogP contribution is 2.48. The van der Waals surface area contributed by atoms with Crippen molar-refractivity contribution in [2.24, 2.45) is 0 Å². The predicted molar refractivity (Wildman–Crippen MR) is 566 cm³/mol. The molecule has 22 aromatic rings. The number of benzene rings is 16. The van der Waals surface area contributed by atoms with Gasteiger partial charge in [-0.05, 0) is 267 Å². The second kappa shape index (κ2) is 37.4. The van der Waals surface area contributed by atoms with Crippen LogP contribution in [0.2, 0.25) is 0 Å². The summed E-state index contributed by atoms with van der Waals surface area (Å²) < 4.78 is 170. The molecule has 0 N–H and O–H groups in total. The van der Waals surface area contributed by atoms with Crippen molar-refractivity contribution in [2.75, 3.05) is 0 Å². The highest BCUT2D eigenvalue weighted by molar-refractivity contribution is 5.98. The van der Waals surface area contributed by atoms with Crippen molar-refractivity contribution < 1.29 is 27.4 Å². The van der Waals surface area contributed by atoms with E-state index in [2.05, 4.69) is 170 Å². The molecule has 0 saturated carbocycles. The molecule has 0 radical (unpaired) electrons. The first-order valence-corrected chi connectivity index (χ1v) is 44.7. The first-order chi connectivity index (χ1) is 75.3. The zero-order valence-electron chi connectivity index (χ0n) is 94.3. The molecule has 136 heavy (non-hydrogen) atoms. The van der Waals surface area contributed by atoms with Gasteiger partial charge < -0.3 is 0 Å². The fourth-order valence-corrected chi connectivity index (χ4v) is 18.2. The van der Waals surface area contributed by atoms with Crippen molar-refractivity contribution in [3.05, 3.63) is 508 Å². The van der Waals surface area contributed by atoms with Crippen molar-refractivity contribution in [3.8, 4) is 234 Å². The van der Waals surface area contributed by atoms with Crippen LogP contribution in [0.1, 0.15) is 49.7 Å². The van der Waals surface area contributed by atoms with E-state index in [0.29, 0.717) is 78.7 Å². The topological polar surface area (TPSA) is 77.3 Å². The molecule has 6 heterocycles. The molecule has 6 aromatic heterocycles. The third-order valence-corrected chi connectivity index (χ3v) is 25.2. The standard InChI is InChI=1S/C130H92N6/c1-85-69-127(133-81-121(85)89-29-9-5-10-30-89)97-57-49-93(50-58-97)109-37-17-23-43-115(109)103-73-104(116-44-24-18-38-110(116)94-51-59-98(60-52-94)128-70-86(2)122(82-134-128)90-31-11-6-12-32-90)76-107(75-103)119-47-27-21-41-113(119)101-65-67-125(131-79-101)126-68-66-102(80-132-126)114-42-22-28-48-120(114)108-77-105(117-45-25-19-39-111(117)95-53-61-99(62-54-95)129-71-87(3)123(83-135-129)91-33-13-7-14-34-91)74-106(78-108)118-46-26-20-40-112(118)96-55-63-100(64-56-96)130-72-88(4)124(84-136-130)92-35-15-8-16-36-92/h5-84H,1-4H3/i5D,6D,7D,8D,9D,10D,11D,12D,13D,14D,15D,16D,29D,30D,31D,32D,33D,34D,35D,36D. The summed E-state index contributed by atoms with van der Waals surface area (Å²) in [6, 6.07) is 104. The van der Waals surface area contributed by atoms with E-state index in [9.17, 15) is 0 Å². The van der Waals surface area contributed by atoms with Gasteiger partial charge in [0.15, 0.2) is 0 Å². The summed E-state index contributed by atoms with van der Waals surface area (Å²) in [5.74, 6) is 0. The van der Waals surface area contributed by atoms with Crippen molar-refractivity contribution in [2.45, 2.75) is 27.7 Å². The van der Waals surface area contributed by atoms with Gasteiger partial charge in [0.05, 0.1) is 61.6 Å². The van der Waals surface area contributed by atoms with Crippen molar-refractivity contribution in [1.29, 1.82) is 0 Å². The number of nitrogens with zero attached hydrogens (tertiary/aromatic N) is 6. The summed E-state index contributed by atoms with van der Waals surface area (Å²) >= 11 is 0. The number of aromatic nitrogens is 6. The average molecular weight is 1760 g/mol. The first kappa shape index (κ1) is 64.2. The predicted octanol–water partition coefficient (Wildman–Crippen LogP) is 34.3. The van der Waals surface area contributed by atoms with Crippen LogP contribution in [-0.2, 0) is 0 Å². The Morgan fingerprint density at radius 1 is 0.132 bits per heavy atom. The van der Waals surface area contributed by atoms with E-state index in [-0.39, 0.29) is 70.6 Å². The second-order valence-corrected chi connectivity index (χ2v) is 33.6. The van der Waals surface area contributed by atoms with Crippen LogP contribution in [0.25, 0.3) is 234 Å². The highest BCUT2D eigenvalue weighted by Gasteiger charge is 2.23. The van der Waals surface area contributed by atoms with E-state index in [0.717, 1.165) is 156 Å². The molecular weight excluding hydrogens is 1650 g/mol. The van der Waals surface area contributed by atoms with Crippen LogP contribution in [0.3, 0.4) is 0 Å². The van der Waals surface area contributed by atoms with Crippen LogP contribution in [0.4, 0.5) is 0 Å². The molecule has 0 amide bonds. The maximum Gasteiger partial charge on any atom is 0.0886 e. The normalized spacial score (nSPS) is 13.3. The van der Waals surface area contributed by atoms with Crippen molar-refractivity contribution >= 4 is 0 Å². The number of hydrogen-bond acceptors (Lipinski definition) is 6. The SMILES string of the molecule is [2H]c1c([2H])c([2H])c(-c2cnc(-c3ccc(-c4ccccc4-c4cc(-c5ccccc5-c5ccc(-c6cc(C)c(-c7c([2H])c([2H])c([2H])c([2H])c7[2H])cn6)cc5)cc(-c5ccccc5-c5ccc(-c6ccc(-c7ccccc7-c7cc(-c8ccccc8-c8ccc(-c9cc(C)c(-c%10c([2H])c([2H])c([2H])c([2H])c%10[2H])cn9)cc8)cc(-c8ccccc8-c8ccc(-c9cc(C)c(-c%10c([2H])c([2H])c([2H])c([2H])c%10[2H])cn9)cc8)c7)cn6)nc5)c4)cc3)cc2C)c([2H])c1[2H]. The van der Waals surface area contributed by atoms with Gasteiger partial charge in [-0.25, -0.2) is 0 Å². The van der Waals surface area contributed by atoms with Crippen LogP contribution in [0.5, 0.6) is 0 Å². The molecule has 0 fully saturated rings. The molecule has 0 aliphatic rings. The Morgan fingerprint density at radius 3 is 0.471 bits per heavy atom. The van der Waals surface area contributed by atoms with E-state index in [4.69, 9.17) is 57.3 Å². The van der Waals surface area contributed by atoms with Crippen LogP contribution in [0.15, 0.2) is 486 Å². The lowest BCUT2D eigenvalue weighted by molar-refractivity contribution is 1.25. The van der Waals surface area contributed by atoms with E-state index < -0.39 is 72.5 Å². The zero-order chi connectivity index (χ0) is 109. The van der Waals surface area contributed by atoms with E-state index in [1.54, 1.807) is 24.8 Å². The summed E-state index contributed by atoms with van der Waals surface area (Å²) in [7, 11) is 0. The minimum Gasteiger partial charge on any atom is -0.256 e. The van der Waals surface area contributed by atoms with Crippen LogP contribution in [0, 0.1) is 27.7 Å². The van der Waals surface area contributed by atoms with Gasteiger partial charge >= 0.3 is 0 Å². The number of pyridine rings is 6. The lowest BCUT2D eigenvalue weighted by Crippen LogP contribution is -1.94. The summed E-state index contributed by atoms with van der Waals surface area (Å²) in [5, 5.41) is 0. The Bertz CT molecular complexity index is 8410. The third-order valence-electron chi connectivity index (χ3n) is 25.2. The number of aryl methyl sites for hydroxylation is 4. The quantitative estimate of drug-likeness (QED) is 0.0713. The molecule has 0 atom stereocenters. The molecule has 642 valence electrons. The van der Waals surface area contributed by atoms with Gasteiger partial charge in [-0.3, -0.25) is 29.9 Å². The van der Waals surface area contributed by atoms with Gasteiger partial charge in [0.25, 0.3) is 0 Å². The molecule has 0 unspecified atom stereocenters. The van der Waals surface area contributed by atoms with Crippen LogP contribution < -0.4 is 0 Å². The van der Waals surface area contributed by atoms with E-state index >= 15 is 0 Å². The molecule has 0 saturated heterocycles. The van der Waals surface area contributed by atoms with E-state index in [1.165, 1.54) is 0 Å². The fourth-order valence-electron chi connectivity index (χ4n) is 18.2. The molecule has 0 bridgehead atoms. The molecule has 0 aliphatic heterocycles. The Labute approximate surface area is 823 Å². The maximum atomic E-state index is 8.72. The molecule has 0 aliphatic carbocycles. The smallest absolute Gasteiger partial charge is 0.0886 e. The Balaban J connectivity index is 0.599. The van der Waals surface area contributed by atoms with Gasteiger partial charge in [-0.2, -0.15) is 0 Å². The maximum absolute atomic E-state index is 8.72. The minimum absolute atomic E-state index is 0.0947. The Kier molecular flexibility index (Phi) is 17.6. The summed E-state index contributed by atoms with van der Waals surface area (Å²) in [6.45, 7) is 7.40. The summed E-state index contributed by atoms with van der Waals surface area (Å²) in [4.78, 5) is 29.7. The molecule has 22 rings (SSSR count). The monoisotopic (exact) mass is 1760 g/mol. The van der Waals surface area contributed by atoms with Crippen molar-refractivity contribution in [3.63, 3.8) is 0 Å². The average Bonchev–Trinajstić information content (AvgIpc) is 0.775. The van der Waals surface area contributed by atoms with Gasteiger partial charge in [0, 0.05) is 92.8 Å². The van der Waals surface area contributed by atoms with Gasteiger partial charge in [0.2, 0.25) is 0 Å². The van der Waals surface area contributed by atoms with Crippen molar-refractivity contribution in [1.82, 2.24) is 29.9 Å². The molecule has 16 aromatic carbocycles. The lowest BCUT2D eigenvalue weighted by Gasteiger charge is -2.18. The number of hydrogen-bond donors (Lipinski definition) is 0. The molecular formula is C130H92N6. The Hall–Kier alpha value is -17.6. The molecule has 0 spiro atoms. The van der Waals surface area contributed by atoms with Crippen LogP contribution >= 0.6 is 0 Å². The molecule has 6 heteroatoms. The van der Waals surface area contributed by atoms with E-state index in [1.807, 2.05) is 198 Å². The Morgan fingerprint density at radius 2 is 0.294 bits per heavy atom. The first-order valence-electron chi connectivity index (χ1n) is 54.7. The summed E-state index contributed by atoms with van der Waals surface area (Å²) in [5.41, 5.74) is 34.8. The highest BCUT2D eigenvalue weighted by atomic mass is 14.8.